The number of benzene rings is 1. The molecule has 8 heteroatoms. The highest BCUT2D eigenvalue weighted by Gasteiger charge is 2.26. The lowest BCUT2D eigenvalue weighted by Gasteiger charge is -2.12. The van der Waals surface area contributed by atoms with Crippen LogP contribution < -0.4 is 5.32 Å². The molecule has 2 aromatic heterocycles. The van der Waals surface area contributed by atoms with Crippen molar-refractivity contribution < 1.29 is 23.5 Å². The van der Waals surface area contributed by atoms with Gasteiger partial charge in [0.15, 0.2) is 6.10 Å². The van der Waals surface area contributed by atoms with Crippen LogP contribution in [0.3, 0.4) is 0 Å². The fourth-order valence-electron chi connectivity index (χ4n) is 2.59. The van der Waals surface area contributed by atoms with Gasteiger partial charge >= 0.3 is 5.97 Å². The van der Waals surface area contributed by atoms with Crippen molar-refractivity contribution in [1.82, 2.24) is 0 Å². The molecule has 0 unspecified atom stereocenters. The zero-order valence-corrected chi connectivity index (χ0v) is 16.2. The summed E-state index contributed by atoms with van der Waals surface area (Å²) in [6.07, 6.45) is -1.07. The Morgan fingerprint density at radius 1 is 1.32 bits per heavy atom. The lowest BCUT2D eigenvalue weighted by atomic mass is 10.1. The van der Waals surface area contributed by atoms with Gasteiger partial charge in [-0.15, -0.1) is 11.3 Å². The van der Waals surface area contributed by atoms with Crippen molar-refractivity contribution in [3.63, 3.8) is 0 Å². The number of carbonyl (C=O) groups is 2. The number of hydrogen-bond acceptors (Lipinski definition) is 7. The van der Waals surface area contributed by atoms with Crippen molar-refractivity contribution in [3.05, 3.63) is 52.6 Å². The van der Waals surface area contributed by atoms with E-state index in [1.54, 1.807) is 23.6 Å². The molecule has 0 aliphatic carbocycles. The predicted molar refractivity (Wildman–Crippen MR) is 104 cm³/mol. The first kappa shape index (κ1) is 19.6. The number of hydrogen-bond donors (Lipinski definition) is 1. The van der Waals surface area contributed by atoms with Crippen LogP contribution in [0.25, 0.3) is 11.0 Å². The molecule has 0 spiro atoms. The van der Waals surface area contributed by atoms with Crippen molar-refractivity contribution in [1.29, 1.82) is 5.26 Å². The molecule has 0 saturated heterocycles. The molecule has 0 fully saturated rings. The molecule has 2 heterocycles. The molecule has 0 saturated carbocycles. The maximum absolute atomic E-state index is 12.6. The Hall–Kier alpha value is -3.15. The van der Waals surface area contributed by atoms with Gasteiger partial charge in [0.1, 0.15) is 16.7 Å². The van der Waals surface area contributed by atoms with Crippen LogP contribution in [0.5, 0.6) is 0 Å². The Bertz CT molecular complexity index is 1050. The maximum Gasteiger partial charge on any atom is 0.375 e. The molecule has 0 bridgehead atoms. The third-order valence-electron chi connectivity index (χ3n) is 4.01. The number of fused-ring (bicyclic) bond motifs is 1. The summed E-state index contributed by atoms with van der Waals surface area (Å²) in [6, 6.07) is 10.8. The smallest absolute Gasteiger partial charge is 0.375 e. The quantitative estimate of drug-likeness (QED) is 0.602. The van der Waals surface area contributed by atoms with Gasteiger partial charge in [-0.05, 0) is 31.4 Å². The van der Waals surface area contributed by atoms with Crippen molar-refractivity contribution >= 4 is 39.2 Å². The molecule has 3 rings (SSSR count). The van der Waals surface area contributed by atoms with Crippen LogP contribution in [0.15, 0.2) is 40.1 Å². The van der Waals surface area contributed by atoms with Crippen LogP contribution in [-0.2, 0) is 20.9 Å². The SMILES string of the molecule is CCOCc1c(C(=O)O[C@H](C)C(=O)Nc2sccc2C#N)oc2ccccc12. The van der Waals surface area contributed by atoms with E-state index >= 15 is 0 Å². The topological polar surface area (TPSA) is 102 Å². The van der Waals surface area contributed by atoms with Gasteiger partial charge < -0.3 is 19.2 Å². The number of rotatable bonds is 7. The third-order valence-corrected chi connectivity index (χ3v) is 4.84. The number of furan rings is 1. The van der Waals surface area contributed by atoms with Crippen molar-refractivity contribution in [2.75, 3.05) is 11.9 Å². The molecule has 1 atom stereocenters. The largest absolute Gasteiger partial charge is 0.449 e. The van der Waals surface area contributed by atoms with E-state index in [9.17, 15) is 9.59 Å². The average Bonchev–Trinajstić information content (AvgIpc) is 3.30. The Balaban J connectivity index is 1.76. The van der Waals surface area contributed by atoms with Gasteiger partial charge in [0.25, 0.3) is 5.91 Å². The van der Waals surface area contributed by atoms with E-state index in [1.165, 1.54) is 18.3 Å². The van der Waals surface area contributed by atoms with Crippen LogP contribution >= 0.6 is 11.3 Å². The minimum absolute atomic E-state index is 0.0168. The predicted octanol–water partition coefficient (Wildman–Crippen LogP) is 4.09. The molecule has 7 nitrogen and oxygen atoms in total. The van der Waals surface area contributed by atoms with Crippen LogP contribution in [0.4, 0.5) is 5.00 Å². The highest BCUT2D eigenvalue weighted by Crippen LogP contribution is 2.28. The molecule has 0 radical (unpaired) electrons. The summed E-state index contributed by atoms with van der Waals surface area (Å²) in [5.41, 5.74) is 1.48. The van der Waals surface area contributed by atoms with Gasteiger partial charge in [0, 0.05) is 17.6 Å². The van der Waals surface area contributed by atoms with E-state index in [2.05, 4.69) is 5.32 Å². The van der Waals surface area contributed by atoms with E-state index in [1.807, 2.05) is 25.1 Å². The zero-order valence-electron chi connectivity index (χ0n) is 15.4. The van der Waals surface area contributed by atoms with Crippen molar-refractivity contribution in [3.8, 4) is 6.07 Å². The fraction of sp³-hybridized carbons (Fsp3) is 0.250. The molecular formula is C20H18N2O5S. The summed E-state index contributed by atoms with van der Waals surface area (Å²) < 4.78 is 16.4. The molecule has 1 N–H and O–H groups in total. The normalized spacial score (nSPS) is 11.8. The summed E-state index contributed by atoms with van der Waals surface area (Å²) in [7, 11) is 0. The Morgan fingerprint density at radius 3 is 2.86 bits per heavy atom. The molecule has 144 valence electrons. The highest BCUT2D eigenvalue weighted by molar-refractivity contribution is 7.14. The molecular weight excluding hydrogens is 380 g/mol. The lowest BCUT2D eigenvalue weighted by molar-refractivity contribution is -0.123. The fourth-order valence-corrected chi connectivity index (χ4v) is 3.33. The number of thiophene rings is 1. The number of nitrogens with one attached hydrogen (secondary N) is 1. The minimum atomic E-state index is -1.07. The number of anilines is 1. The van der Waals surface area contributed by atoms with Crippen LogP contribution in [0.2, 0.25) is 0 Å². The Labute approximate surface area is 165 Å². The minimum Gasteiger partial charge on any atom is -0.449 e. The second kappa shape index (κ2) is 8.69. The second-order valence-electron chi connectivity index (χ2n) is 5.86. The van der Waals surface area contributed by atoms with Gasteiger partial charge in [-0.3, -0.25) is 4.79 Å². The van der Waals surface area contributed by atoms with Gasteiger partial charge in [0.05, 0.1) is 12.2 Å². The number of nitrogens with zero attached hydrogens (tertiary/aromatic N) is 1. The first-order valence-electron chi connectivity index (χ1n) is 8.62. The Kier molecular flexibility index (Phi) is 6.09. The van der Waals surface area contributed by atoms with Gasteiger partial charge in [0.2, 0.25) is 5.76 Å². The summed E-state index contributed by atoms with van der Waals surface area (Å²) >= 11 is 1.22. The van der Waals surface area contributed by atoms with E-state index in [-0.39, 0.29) is 12.4 Å². The first-order chi connectivity index (χ1) is 13.5. The number of ether oxygens (including phenoxy) is 2. The molecule has 3 aromatic rings. The molecule has 0 aliphatic rings. The number of para-hydroxylation sites is 1. The number of carbonyl (C=O) groups excluding carboxylic acids is 2. The van der Waals surface area contributed by atoms with Crippen molar-refractivity contribution in [2.24, 2.45) is 0 Å². The monoisotopic (exact) mass is 398 g/mol. The summed E-state index contributed by atoms with van der Waals surface area (Å²) in [6.45, 7) is 3.98. The maximum atomic E-state index is 12.6. The zero-order chi connectivity index (χ0) is 20.1. The number of nitriles is 1. The number of amides is 1. The summed E-state index contributed by atoms with van der Waals surface area (Å²) in [5.74, 6) is -1.27. The molecule has 28 heavy (non-hydrogen) atoms. The molecule has 1 aromatic carbocycles. The van der Waals surface area contributed by atoms with Crippen LogP contribution in [0.1, 0.15) is 35.5 Å². The lowest BCUT2D eigenvalue weighted by Crippen LogP contribution is -2.30. The van der Waals surface area contributed by atoms with Crippen molar-refractivity contribution in [2.45, 2.75) is 26.6 Å². The van der Waals surface area contributed by atoms with E-state index < -0.39 is 18.0 Å². The molecule has 1 amide bonds. The number of esters is 1. The van der Waals surface area contributed by atoms with Crippen LogP contribution in [-0.4, -0.2) is 24.6 Å². The average molecular weight is 398 g/mol. The summed E-state index contributed by atoms with van der Waals surface area (Å²) in [5, 5.41) is 14.5. The van der Waals surface area contributed by atoms with E-state index in [4.69, 9.17) is 19.2 Å². The van der Waals surface area contributed by atoms with E-state index in [0.717, 1.165) is 5.39 Å². The van der Waals surface area contributed by atoms with Gasteiger partial charge in [-0.25, -0.2) is 4.79 Å². The van der Waals surface area contributed by atoms with Crippen LogP contribution in [0, 0.1) is 11.3 Å². The standard InChI is InChI=1S/C20H18N2O5S/c1-3-25-11-15-14-6-4-5-7-16(14)27-17(15)20(24)26-12(2)18(23)22-19-13(10-21)8-9-28-19/h4-9,12H,3,11H2,1-2H3,(H,22,23)/t12-/m1/s1. The van der Waals surface area contributed by atoms with Gasteiger partial charge in [-0.2, -0.15) is 5.26 Å². The third kappa shape index (κ3) is 4.06. The van der Waals surface area contributed by atoms with Gasteiger partial charge in [-0.1, -0.05) is 18.2 Å². The Morgan fingerprint density at radius 2 is 2.11 bits per heavy atom. The molecule has 0 aliphatic heterocycles. The summed E-state index contributed by atoms with van der Waals surface area (Å²) in [4.78, 5) is 25.0. The first-order valence-corrected chi connectivity index (χ1v) is 9.50. The highest BCUT2D eigenvalue weighted by atomic mass is 32.1. The van der Waals surface area contributed by atoms with E-state index in [0.29, 0.717) is 28.3 Å². The second-order valence-corrected chi connectivity index (χ2v) is 6.77.